The minimum absolute atomic E-state index is 0.00531. The maximum atomic E-state index is 5.95. The fourth-order valence-electron chi connectivity index (χ4n) is 2.01. The minimum atomic E-state index is -0.00531. The van der Waals surface area contributed by atoms with Gasteiger partial charge in [0.2, 0.25) is 0 Å². The van der Waals surface area contributed by atoms with Gasteiger partial charge in [-0.05, 0) is 38.9 Å². The van der Waals surface area contributed by atoms with Crippen LogP contribution in [0.4, 0.5) is 0 Å². The summed E-state index contributed by atoms with van der Waals surface area (Å²) in [4.78, 5) is 2.36. The predicted molar refractivity (Wildman–Crippen MR) is 77.9 cm³/mol. The monoisotopic (exact) mass is 312 g/mol. The molecule has 0 aromatic heterocycles. The molecule has 4 heteroatoms. The first-order valence-electron chi connectivity index (χ1n) is 6.46. The van der Waals surface area contributed by atoms with Gasteiger partial charge >= 0.3 is 0 Å². The Morgan fingerprint density at radius 1 is 1.50 bits per heavy atom. The van der Waals surface area contributed by atoms with Crippen molar-refractivity contribution in [3.63, 3.8) is 0 Å². The average Bonchev–Trinajstić information content (AvgIpc) is 3.12. The normalized spacial score (nSPS) is 16.9. The zero-order chi connectivity index (χ0) is 13.1. The summed E-state index contributed by atoms with van der Waals surface area (Å²) < 4.78 is 6.90. The van der Waals surface area contributed by atoms with Gasteiger partial charge in [-0.15, -0.1) is 0 Å². The van der Waals surface area contributed by atoms with Gasteiger partial charge in [0.15, 0.2) is 0 Å². The summed E-state index contributed by atoms with van der Waals surface area (Å²) in [5.74, 6) is 0.892. The topological polar surface area (TPSA) is 38.5 Å². The highest BCUT2D eigenvalue weighted by atomic mass is 79.9. The third kappa shape index (κ3) is 3.70. The number of ether oxygens (including phenoxy) is 1. The molecule has 1 aliphatic carbocycles. The van der Waals surface area contributed by atoms with Gasteiger partial charge in [0, 0.05) is 28.7 Å². The molecule has 1 aliphatic rings. The van der Waals surface area contributed by atoms with Crippen LogP contribution < -0.4 is 10.5 Å². The van der Waals surface area contributed by atoms with E-state index in [1.165, 1.54) is 12.8 Å². The number of likely N-dealkylation sites (N-methyl/N-ethyl adjacent to an activating group) is 1. The summed E-state index contributed by atoms with van der Waals surface area (Å²) in [7, 11) is 2.16. The van der Waals surface area contributed by atoms with Crippen molar-refractivity contribution in [3.8, 4) is 5.75 Å². The quantitative estimate of drug-likeness (QED) is 0.877. The zero-order valence-corrected chi connectivity index (χ0v) is 12.6. The van der Waals surface area contributed by atoms with Crippen molar-refractivity contribution in [1.29, 1.82) is 0 Å². The Hall–Kier alpha value is -0.580. The second-order valence-electron chi connectivity index (χ2n) is 5.03. The first-order valence-corrected chi connectivity index (χ1v) is 7.25. The highest BCUT2D eigenvalue weighted by molar-refractivity contribution is 9.10. The van der Waals surface area contributed by atoms with E-state index in [9.17, 15) is 0 Å². The zero-order valence-electron chi connectivity index (χ0n) is 11.0. The Balaban J connectivity index is 1.92. The van der Waals surface area contributed by atoms with Crippen molar-refractivity contribution in [2.24, 2.45) is 5.73 Å². The molecule has 0 radical (unpaired) electrons. The molecule has 1 atom stereocenters. The summed E-state index contributed by atoms with van der Waals surface area (Å²) in [6.45, 7) is 3.66. The number of hydrogen-bond acceptors (Lipinski definition) is 3. The highest BCUT2D eigenvalue weighted by Crippen LogP contribution is 2.28. The van der Waals surface area contributed by atoms with Gasteiger partial charge in [-0.3, -0.25) is 0 Å². The number of nitrogens with two attached hydrogens (primary N) is 1. The fraction of sp³-hybridized carbons (Fsp3) is 0.571. The molecular formula is C14H21BrN2O. The molecule has 0 spiro atoms. The summed E-state index contributed by atoms with van der Waals surface area (Å²) in [6, 6.07) is 6.80. The molecule has 2 N–H and O–H groups in total. The van der Waals surface area contributed by atoms with E-state index in [1.807, 2.05) is 25.1 Å². The van der Waals surface area contributed by atoms with Crippen LogP contribution in [0, 0.1) is 0 Å². The van der Waals surface area contributed by atoms with Gasteiger partial charge in [0.25, 0.3) is 0 Å². The van der Waals surface area contributed by atoms with Gasteiger partial charge in [-0.2, -0.15) is 0 Å². The van der Waals surface area contributed by atoms with Gasteiger partial charge < -0.3 is 15.4 Å². The van der Waals surface area contributed by atoms with Crippen molar-refractivity contribution >= 4 is 15.9 Å². The molecule has 1 fully saturated rings. The minimum Gasteiger partial charge on any atom is -0.492 e. The maximum Gasteiger partial charge on any atom is 0.125 e. The largest absolute Gasteiger partial charge is 0.492 e. The lowest BCUT2D eigenvalue weighted by atomic mass is 10.1. The molecule has 2 rings (SSSR count). The van der Waals surface area contributed by atoms with E-state index in [2.05, 4.69) is 27.9 Å². The van der Waals surface area contributed by atoms with Crippen molar-refractivity contribution in [1.82, 2.24) is 4.90 Å². The Morgan fingerprint density at radius 2 is 2.22 bits per heavy atom. The number of benzene rings is 1. The standard InChI is InChI=1S/C14H21BrN2O/c1-10(16)13-6-3-11(15)9-14(13)18-8-7-17(2)12-4-5-12/h3,6,9-10,12H,4-5,7-8,16H2,1-2H3. The molecule has 1 aromatic carbocycles. The van der Waals surface area contributed by atoms with Crippen molar-refractivity contribution in [2.45, 2.75) is 31.8 Å². The van der Waals surface area contributed by atoms with E-state index in [4.69, 9.17) is 10.5 Å². The first-order chi connectivity index (χ1) is 8.58. The third-order valence-corrected chi connectivity index (χ3v) is 3.83. The summed E-state index contributed by atoms with van der Waals surface area (Å²) in [6.07, 6.45) is 2.66. The molecule has 0 saturated heterocycles. The van der Waals surface area contributed by atoms with E-state index in [-0.39, 0.29) is 6.04 Å². The first kappa shape index (κ1) is 13.8. The van der Waals surface area contributed by atoms with E-state index in [0.717, 1.165) is 28.4 Å². The lowest BCUT2D eigenvalue weighted by Crippen LogP contribution is -2.26. The molecule has 18 heavy (non-hydrogen) atoms. The Morgan fingerprint density at radius 3 is 2.83 bits per heavy atom. The molecule has 0 amide bonds. The maximum absolute atomic E-state index is 5.95. The Kier molecular flexibility index (Phi) is 4.65. The van der Waals surface area contributed by atoms with Gasteiger partial charge in [-0.1, -0.05) is 22.0 Å². The van der Waals surface area contributed by atoms with E-state index in [0.29, 0.717) is 6.61 Å². The molecule has 0 heterocycles. The number of hydrogen-bond donors (Lipinski definition) is 1. The van der Waals surface area contributed by atoms with E-state index >= 15 is 0 Å². The van der Waals surface area contributed by atoms with Gasteiger partial charge in [0.05, 0.1) is 0 Å². The third-order valence-electron chi connectivity index (χ3n) is 3.34. The van der Waals surface area contributed by atoms with Crippen LogP contribution in [-0.2, 0) is 0 Å². The van der Waals surface area contributed by atoms with E-state index < -0.39 is 0 Å². The van der Waals surface area contributed by atoms with E-state index in [1.54, 1.807) is 0 Å². The van der Waals surface area contributed by atoms with Crippen LogP contribution in [0.1, 0.15) is 31.4 Å². The smallest absolute Gasteiger partial charge is 0.125 e. The second-order valence-corrected chi connectivity index (χ2v) is 5.95. The van der Waals surface area contributed by atoms with Crippen LogP contribution in [0.25, 0.3) is 0 Å². The Labute approximate surface area is 117 Å². The summed E-state index contributed by atoms with van der Waals surface area (Å²) in [5.41, 5.74) is 7.01. The van der Waals surface area contributed by atoms with Gasteiger partial charge in [0.1, 0.15) is 12.4 Å². The van der Waals surface area contributed by atoms with Gasteiger partial charge in [-0.25, -0.2) is 0 Å². The van der Waals surface area contributed by atoms with Crippen LogP contribution in [0.2, 0.25) is 0 Å². The SMILES string of the molecule is CC(N)c1ccc(Br)cc1OCCN(C)C1CC1. The van der Waals surface area contributed by atoms with Crippen LogP contribution in [0.15, 0.2) is 22.7 Å². The van der Waals surface area contributed by atoms with Crippen molar-refractivity contribution < 1.29 is 4.74 Å². The molecule has 3 nitrogen and oxygen atoms in total. The molecule has 1 saturated carbocycles. The average molecular weight is 313 g/mol. The molecule has 100 valence electrons. The van der Waals surface area contributed by atoms with Crippen molar-refractivity contribution in [3.05, 3.63) is 28.2 Å². The lowest BCUT2D eigenvalue weighted by Gasteiger charge is -2.18. The number of nitrogens with zero attached hydrogens (tertiary/aromatic N) is 1. The number of halogens is 1. The summed E-state index contributed by atoms with van der Waals surface area (Å²) in [5, 5.41) is 0. The summed E-state index contributed by atoms with van der Waals surface area (Å²) >= 11 is 3.47. The van der Waals surface area contributed by atoms with Crippen molar-refractivity contribution in [2.75, 3.05) is 20.2 Å². The second kappa shape index (κ2) is 6.04. The molecule has 1 aromatic rings. The number of rotatable bonds is 6. The molecule has 0 aliphatic heterocycles. The van der Waals surface area contributed by atoms with Crippen LogP contribution >= 0.6 is 15.9 Å². The van der Waals surface area contributed by atoms with Crippen LogP contribution in [0.5, 0.6) is 5.75 Å². The fourth-order valence-corrected chi connectivity index (χ4v) is 2.35. The highest BCUT2D eigenvalue weighted by Gasteiger charge is 2.25. The lowest BCUT2D eigenvalue weighted by molar-refractivity contribution is 0.230. The molecule has 1 unspecified atom stereocenters. The molecular weight excluding hydrogens is 292 g/mol. The van der Waals surface area contributed by atoms with Crippen LogP contribution in [-0.4, -0.2) is 31.1 Å². The Bertz CT molecular complexity index is 405. The molecule has 0 bridgehead atoms. The van der Waals surface area contributed by atoms with Crippen LogP contribution in [0.3, 0.4) is 0 Å². The predicted octanol–water partition coefficient (Wildman–Crippen LogP) is 2.94.